The molecular weight excluding hydrogens is 292 g/mol. The zero-order valence-corrected chi connectivity index (χ0v) is 13.4. The monoisotopic (exact) mass is 312 g/mol. The van der Waals surface area contributed by atoms with Crippen LogP contribution in [0.4, 0.5) is 5.82 Å². The molecule has 116 valence electrons. The molecule has 1 amide bonds. The number of nitrogens with one attached hydrogen (secondary N) is 1. The summed E-state index contributed by atoms with van der Waals surface area (Å²) in [5, 5.41) is 11.8. The average Bonchev–Trinajstić information content (AvgIpc) is 2.90. The summed E-state index contributed by atoms with van der Waals surface area (Å²) < 4.78 is 3.40. The van der Waals surface area contributed by atoms with E-state index in [0.717, 1.165) is 11.3 Å². The van der Waals surface area contributed by atoms with Gasteiger partial charge in [0.1, 0.15) is 11.5 Å². The summed E-state index contributed by atoms with van der Waals surface area (Å²) >= 11 is 0. The van der Waals surface area contributed by atoms with Crippen molar-refractivity contribution >= 4 is 24.1 Å². The Labute approximate surface area is 129 Å². The van der Waals surface area contributed by atoms with Crippen LogP contribution in [0.2, 0.25) is 0 Å². The molecule has 0 atom stereocenters. The number of halogens is 1. The van der Waals surface area contributed by atoms with Crippen LogP contribution in [0.3, 0.4) is 0 Å². The molecule has 2 heterocycles. The molecule has 2 aromatic heterocycles. The lowest BCUT2D eigenvalue weighted by molar-refractivity contribution is 0.0991. The number of carbonyl (C=O) groups excluding carboxylic acids is 1. The van der Waals surface area contributed by atoms with E-state index in [2.05, 4.69) is 29.4 Å². The quantitative estimate of drug-likeness (QED) is 0.878. The van der Waals surface area contributed by atoms with Crippen molar-refractivity contribution in [3.8, 4) is 0 Å². The van der Waals surface area contributed by atoms with Crippen LogP contribution < -0.4 is 11.1 Å². The number of primary amides is 1. The first-order valence-corrected chi connectivity index (χ1v) is 6.51. The number of hydrogen-bond acceptors (Lipinski definition) is 4. The molecule has 0 aliphatic carbocycles. The average molecular weight is 313 g/mol. The Hall–Kier alpha value is -2.02. The molecule has 0 aliphatic heterocycles. The van der Waals surface area contributed by atoms with Crippen molar-refractivity contribution < 1.29 is 4.79 Å². The standard InChI is InChI=1S/C13H20N6O.ClH/c1-8(2)19-7-10(9(3)16-19)6-15-12-5-11(13(14)20)18(4)17-12;/h5,7-8H,6H2,1-4H3,(H2,14,20)(H,15,17);1H. The molecule has 8 heteroatoms. The largest absolute Gasteiger partial charge is 0.364 e. The smallest absolute Gasteiger partial charge is 0.267 e. The Morgan fingerprint density at radius 3 is 2.57 bits per heavy atom. The summed E-state index contributed by atoms with van der Waals surface area (Å²) in [6.07, 6.45) is 2.02. The summed E-state index contributed by atoms with van der Waals surface area (Å²) in [5.74, 6) is 0.134. The molecule has 0 saturated carbocycles. The zero-order valence-electron chi connectivity index (χ0n) is 12.6. The second kappa shape index (κ2) is 6.62. The minimum Gasteiger partial charge on any atom is -0.364 e. The third-order valence-corrected chi connectivity index (χ3v) is 3.14. The van der Waals surface area contributed by atoms with E-state index in [1.807, 2.05) is 17.8 Å². The number of carbonyl (C=O) groups is 1. The molecule has 0 aliphatic rings. The van der Waals surface area contributed by atoms with E-state index in [1.165, 1.54) is 4.68 Å². The van der Waals surface area contributed by atoms with E-state index in [9.17, 15) is 4.79 Å². The molecule has 0 saturated heterocycles. The van der Waals surface area contributed by atoms with Crippen molar-refractivity contribution in [3.63, 3.8) is 0 Å². The van der Waals surface area contributed by atoms with E-state index < -0.39 is 5.91 Å². The fourth-order valence-corrected chi connectivity index (χ4v) is 1.93. The normalized spacial score (nSPS) is 10.5. The first kappa shape index (κ1) is 17.0. The molecule has 0 radical (unpaired) electrons. The third kappa shape index (κ3) is 3.75. The van der Waals surface area contributed by atoms with Crippen LogP contribution in [0.1, 0.15) is 41.6 Å². The summed E-state index contributed by atoms with van der Waals surface area (Å²) in [6.45, 7) is 6.75. The fraction of sp³-hybridized carbons (Fsp3) is 0.462. The van der Waals surface area contributed by atoms with Crippen molar-refractivity contribution in [1.29, 1.82) is 0 Å². The lowest BCUT2D eigenvalue weighted by atomic mass is 10.2. The molecule has 0 spiro atoms. The van der Waals surface area contributed by atoms with E-state index in [1.54, 1.807) is 13.1 Å². The lowest BCUT2D eigenvalue weighted by Crippen LogP contribution is -2.15. The van der Waals surface area contributed by atoms with Crippen LogP contribution in [0, 0.1) is 6.92 Å². The van der Waals surface area contributed by atoms with Crippen LogP contribution in [-0.2, 0) is 13.6 Å². The van der Waals surface area contributed by atoms with E-state index >= 15 is 0 Å². The van der Waals surface area contributed by atoms with Gasteiger partial charge in [-0.3, -0.25) is 14.2 Å². The van der Waals surface area contributed by atoms with Crippen LogP contribution in [0.15, 0.2) is 12.3 Å². The highest BCUT2D eigenvalue weighted by Crippen LogP contribution is 2.13. The van der Waals surface area contributed by atoms with E-state index in [4.69, 9.17) is 5.73 Å². The van der Waals surface area contributed by atoms with Gasteiger partial charge >= 0.3 is 0 Å². The van der Waals surface area contributed by atoms with Gasteiger partial charge in [-0.05, 0) is 20.8 Å². The Balaban J connectivity index is 0.00000220. The van der Waals surface area contributed by atoms with Crippen molar-refractivity contribution in [2.45, 2.75) is 33.4 Å². The Kier molecular flexibility index (Phi) is 5.37. The Morgan fingerprint density at radius 1 is 1.43 bits per heavy atom. The van der Waals surface area contributed by atoms with Gasteiger partial charge in [0.2, 0.25) is 0 Å². The van der Waals surface area contributed by atoms with Crippen LogP contribution >= 0.6 is 12.4 Å². The Morgan fingerprint density at radius 2 is 2.10 bits per heavy atom. The summed E-state index contributed by atoms with van der Waals surface area (Å²) in [4.78, 5) is 11.2. The predicted molar refractivity (Wildman–Crippen MR) is 83.6 cm³/mol. The number of aryl methyl sites for hydroxylation is 2. The molecule has 0 unspecified atom stereocenters. The number of hydrogen-bond donors (Lipinski definition) is 2. The highest BCUT2D eigenvalue weighted by atomic mass is 35.5. The van der Waals surface area contributed by atoms with Gasteiger partial charge in [-0.25, -0.2) is 0 Å². The molecule has 2 rings (SSSR count). The van der Waals surface area contributed by atoms with E-state index in [-0.39, 0.29) is 12.4 Å². The fourth-order valence-electron chi connectivity index (χ4n) is 1.93. The SMILES string of the molecule is Cc1nn(C(C)C)cc1CNc1cc(C(N)=O)n(C)n1.Cl. The zero-order chi connectivity index (χ0) is 14.9. The van der Waals surface area contributed by atoms with Gasteiger partial charge in [-0.15, -0.1) is 12.4 Å². The molecule has 0 bridgehead atoms. The highest BCUT2D eigenvalue weighted by Gasteiger charge is 2.11. The Bertz CT molecular complexity index is 631. The van der Waals surface area contributed by atoms with Gasteiger partial charge in [-0.2, -0.15) is 10.2 Å². The second-order valence-electron chi connectivity index (χ2n) is 5.07. The number of rotatable bonds is 5. The molecular formula is C13H21ClN6O. The van der Waals surface area contributed by atoms with Crippen LogP contribution in [0.5, 0.6) is 0 Å². The lowest BCUT2D eigenvalue weighted by Gasteiger charge is -2.03. The molecule has 0 fully saturated rings. The number of aromatic nitrogens is 4. The summed E-state index contributed by atoms with van der Waals surface area (Å²) in [5.41, 5.74) is 7.72. The number of anilines is 1. The van der Waals surface area contributed by atoms with Gasteiger partial charge < -0.3 is 11.1 Å². The molecule has 3 N–H and O–H groups in total. The van der Waals surface area contributed by atoms with Crippen molar-refractivity contribution in [2.24, 2.45) is 12.8 Å². The minimum atomic E-state index is -0.489. The molecule has 21 heavy (non-hydrogen) atoms. The molecule has 2 aromatic rings. The predicted octanol–water partition coefficient (Wildman–Crippen LogP) is 1.64. The van der Waals surface area contributed by atoms with Crippen molar-refractivity contribution in [2.75, 3.05) is 5.32 Å². The summed E-state index contributed by atoms with van der Waals surface area (Å²) in [6, 6.07) is 1.98. The van der Waals surface area contributed by atoms with Gasteiger partial charge in [0.25, 0.3) is 5.91 Å². The van der Waals surface area contributed by atoms with Gasteiger partial charge in [0.15, 0.2) is 0 Å². The first-order chi connectivity index (χ1) is 9.38. The number of amides is 1. The second-order valence-corrected chi connectivity index (χ2v) is 5.07. The minimum absolute atomic E-state index is 0. The number of nitrogens with zero attached hydrogens (tertiary/aromatic N) is 4. The maximum atomic E-state index is 11.2. The molecule has 7 nitrogen and oxygen atoms in total. The van der Waals surface area contributed by atoms with Gasteiger partial charge in [0, 0.05) is 37.5 Å². The number of nitrogens with two attached hydrogens (primary N) is 1. The maximum Gasteiger partial charge on any atom is 0.267 e. The maximum absolute atomic E-state index is 11.2. The molecule has 0 aromatic carbocycles. The van der Waals surface area contributed by atoms with E-state index in [0.29, 0.717) is 24.1 Å². The summed E-state index contributed by atoms with van der Waals surface area (Å²) in [7, 11) is 1.69. The highest BCUT2D eigenvalue weighted by molar-refractivity contribution is 5.91. The van der Waals surface area contributed by atoms with Gasteiger partial charge in [-0.1, -0.05) is 0 Å². The third-order valence-electron chi connectivity index (χ3n) is 3.14. The van der Waals surface area contributed by atoms with Gasteiger partial charge in [0.05, 0.1) is 5.69 Å². The topological polar surface area (TPSA) is 90.8 Å². The van der Waals surface area contributed by atoms with Crippen LogP contribution in [0.25, 0.3) is 0 Å². The first-order valence-electron chi connectivity index (χ1n) is 6.51. The van der Waals surface area contributed by atoms with Crippen molar-refractivity contribution in [3.05, 3.63) is 29.2 Å². The van der Waals surface area contributed by atoms with Crippen molar-refractivity contribution in [1.82, 2.24) is 19.6 Å². The van der Waals surface area contributed by atoms with Crippen LogP contribution in [-0.4, -0.2) is 25.5 Å².